The van der Waals surface area contributed by atoms with Crippen LogP contribution in [0.25, 0.3) is 21.7 Å². The second-order valence-corrected chi connectivity index (χ2v) is 4.54. The number of hydrogen-bond donors (Lipinski definition) is 1. The van der Waals surface area contributed by atoms with Crippen molar-refractivity contribution in [3.8, 4) is 5.75 Å². The highest BCUT2D eigenvalue weighted by Gasteiger charge is 2.17. The van der Waals surface area contributed by atoms with E-state index >= 15 is 0 Å². The minimum Gasteiger partial charge on any atom is -0.505 e. The number of nitrogens with zero attached hydrogens (tertiary/aromatic N) is 1. The van der Waals surface area contributed by atoms with E-state index in [0.717, 1.165) is 0 Å². The number of fused-ring (bicyclic) bond motifs is 3. The summed E-state index contributed by atoms with van der Waals surface area (Å²) < 4.78 is 24.0. The van der Waals surface area contributed by atoms with E-state index in [-0.39, 0.29) is 18.4 Å². The number of halogens is 1. The molecule has 0 saturated carbocycles. The van der Waals surface area contributed by atoms with Gasteiger partial charge < -0.3 is 14.4 Å². The number of aromatic hydroxyl groups is 1. The van der Waals surface area contributed by atoms with Crippen LogP contribution in [0.2, 0.25) is 0 Å². The number of carbonyl (C=O) groups excluding carboxylic acids is 1. The van der Waals surface area contributed by atoms with Gasteiger partial charge in [-0.1, -0.05) is 5.16 Å². The largest absolute Gasteiger partial charge is 0.505 e. The van der Waals surface area contributed by atoms with Crippen molar-refractivity contribution in [1.82, 2.24) is 5.16 Å². The van der Waals surface area contributed by atoms with Crippen molar-refractivity contribution in [3.63, 3.8) is 0 Å². The second kappa shape index (κ2) is 5.05. The van der Waals surface area contributed by atoms with Gasteiger partial charge in [0.2, 0.25) is 0 Å². The molecule has 6 heteroatoms. The van der Waals surface area contributed by atoms with Crippen molar-refractivity contribution in [2.45, 2.75) is 13.3 Å². The van der Waals surface area contributed by atoms with Gasteiger partial charge in [0.25, 0.3) is 0 Å². The molecule has 0 spiro atoms. The van der Waals surface area contributed by atoms with Gasteiger partial charge in [-0.15, -0.1) is 0 Å². The monoisotopic (exact) mass is 289 g/mol. The molecule has 0 atom stereocenters. The van der Waals surface area contributed by atoms with Crippen molar-refractivity contribution in [1.29, 1.82) is 0 Å². The normalized spacial score (nSPS) is 11.1. The van der Waals surface area contributed by atoms with Crippen LogP contribution in [0.4, 0.5) is 4.39 Å². The summed E-state index contributed by atoms with van der Waals surface area (Å²) in [6.07, 6.45) is -0.0531. The summed E-state index contributed by atoms with van der Waals surface area (Å²) in [5.41, 5.74) is 0.839. The van der Waals surface area contributed by atoms with Gasteiger partial charge >= 0.3 is 5.97 Å². The van der Waals surface area contributed by atoms with E-state index in [9.17, 15) is 14.3 Å². The predicted molar refractivity (Wildman–Crippen MR) is 73.5 cm³/mol. The number of ether oxygens (including phenoxy) is 1. The van der Waals surface area contributed by atoms with Crippen LogP contribution in [-0.2, 0) is 16.0 Å². The summed E-state index contributed by atoms with van der Waals surface area (Å²) in [7, 11) is 0. The molecule has 5 nitrogen and oxygen atoms in total. The van der Waals surface area contributed by atoms with Gasteiger partial charge in [-0.3, -0.25) is 4.79 Å². The van der Waals surface area contributed by atoms with E-state index in [1.165, 1.54) is 12.1 Å². The Morgan fingerprint density at radius 3 is 2.86 bits per heavy atom. The Morgan fingerprint density at radius 1 is 1.33 bits per heavy atom. The third-order valence-electron chi connectivity index (χ3n) is 3.24. The van der Waals surface area contributed by atoms with Crippen LogP contribution in [-0.4, -0.2) is 22.8 Å². The third-order valence-corrected chi connectivity index (χ3v) is 3.24. The maximum absolute atomic E-state index is 14.0. The van der Waals surface area contributed by atoms with E-state index in [0.29, 0.717) is 22.0 Å². The Kier molecular flexibility index (Phi) is 3.21. The molecule has 0 amide bonds. The summed E-state index contributed by atoms with van der Waals surface area (Å²) in [5, 5.41) is 14.6. The lowest BCUT2D eigenvalue weighted by Crippen LogP contribution is -2.07. The van der Waals surface area contributed by atoms with Crippen molar-refractivity contribution < 1.29 is 23.6 Å². The smallest absolute Gasteiger partial charge is 0.312 e. The van der Waals surface area contributed by atoms with Crippen LogP contribution in [0.3, 0.4) is 0 Å². The first-order valence-electron chi connectivity index (χ1n) is 6.46. The summed E-state index contributed by atoms with van der Waals surface area (Å²) >= 11 is 0. The molecule has 0 radical (unpaired) electrons. The summed E-state index contributed by atoms with van der Waals surface area (Å²) in [6, 6.07) is 5.90. The van der Waals surface area contributed by atoms with Crippen LogP contribution in [0.5, 0.6) is 5.75 Å². The summed E-state index contributed by atoms with van der Waals surface area (Å²) in [4.78, 5) is 11.6. The Bertz CT molecular complexity index is 840. The Morgan fingerprint density at radius 2 is 2.10 bits per heavy atom. The zero-order valence-electron chi connectivity index (χ0n) is 11.2. The molecule has 0 aliphatic carbocycles. The zero-order chi connectivity index (χ0) is 15.0. The van der Waals surface area contributed by atoms with E-state index in [1.54, 1.807) is 19.1 Å². The number of benzene rings is 2. The third kappa shape index (κ3) is 2.18. The fourth-order valence-electron chi connectivity index (χ4n) is 2.33. The number of phenolic OH excluding ortho intramolecular Hbond substituents is 1. The van der Waals surface area contributed by atoms with Crippen LogP contribution in [0.15, 0.2) is 28.8 Å². The first-order chi connectivity index (χ1) is 10.1. The highest BCUT2D eigenvalue weighted by molar-refractivity contribution is 6.08. The number of hydrogen-bond acceptors (Lipinski definition) is 5. The number of esters is 1. The van der Waals surface area contributed by atoms with Crippen molar-refractivity contribution in [2.75, 3.05) is 6.61 Å². The second-order valence-electron chi connectivity index (χ2n) is 4.54. The molecule has 0 aliphatic heterocycles. The topological polar surface area (TPSA) is 72.6 Å². The zero-order valence-corrected chi connectivity index (χ0v) is 11.2. The molecule has 0 saturated heterocycles. The lowest BCUT2D eigenvalue weighted by molar-refractivity contribution is -0.142. The highest BCUT2D eigenvalue weighted by Crippen LogP contribution is 2.33. The molecule has 0 fully saturated rings. The summed E-state index contributed by atoms with van der Waals surface area (Å²) in [5.74, 6) is -1.56. The fourth-order valence-corrected chi connectivity index (χ4v) is 2.33. The van der Waals surface area contributed by atoms with Crippen LogP contribution in [0.1, 0.15) is 12.6 Å². The molecule has 1 heterocycles. The molecule has 108 valence electrons. The molecule has 3 rings (SSSR count). The number of phenols is 1. The maximum Gasteiger partial charge on any atom is 0.312 e. The average molecular weight is 289 g/mol. The van der Waals surface area contributed by atoms with Crippen molar-refractivity contribution in [2.24, 2.45) is 0 Å². The molecule has 2 aromatic carbocycles. The average Bonchev–Trinajstić information content (AvgIpc) is 2.86. The Hall–Kier alpha value is -2.63. The Balaban J connectivity index is 2.21. The predicted octanol–water partition coefficient (Wildman–Crippen LogP) is 2.93. The first kappa shape index (κ1) is 13.4. The fraction of sp³-hybridized carbons (Fsp3) is 0.200. The van der Waals surface area contributed by atoms with Gasteiger partial charge in [-0.05, 0) is 36.6 Å². The van der Waals surface area contributed by atoms with Crippen molar-refractivity contribution in [3.05, 3.63) is 35.8 Å². The van der Waals surface area contributed by atoms with Gasteiger partial charge in [0.05, 0.1) is 18.4 Å². The van der Waals surface area contributed by atoms with E-state index in [2.05, 4.69) is 5.16 Å². The molecule has 0 aliphatic rings. The molecule has 0 unspecified atom stereocenters. The standard InChI is InChI=1S/C15H12FNO4/c1-2-20-13(19)7-10-14-8-3-5-11(18)15(16)9(8)4-6-12(14)21-17-10/h3-6,18H,2,7H2,1H3. The maximum atomic E-state index is 14.0. The lowest BCUT2D eigenvalue weighted by atomic mass is 10.0. The Labute approximate surface area is 118 Å². The molecule has 3 aromatic rings. The minimum absolute atomic E-state index is 0.0531. The number of carbonyl (C=O) groups is 1. The molecular formula is C15H12FNO4. The van der Waals surface area contributed by atoms with Crippen LogP contribution in [0, 0.1) is 5.82 Å². The number of rotatable bonds is 3. The van der Waals surface area contributed by atoms with E-state index < -0.39 is 17.5 Å². The van der Waals surface area contributed by atoms with Gasteiger partial charge in [0, 0.05) is 5.39 Å². The minimum atomic E-state index is -0.710. The van der Waals surface area contributed by atoms with Gasteiger partial charge in [-0.2, -0.15) is 0 Å². The lowest BCUT2D eigenvalue weighted by Gasteiger charge is -2.04. The molecule has 1 N–H and O–H groups in total. The van der Waals surface area contributed by atoms with Gasteiger partial charge in [-0.25, -0.2) is 4.39 Å². The van der Waals surface area contributed by atoms with Crippen LogP contribution < -0.4 is 0 Å². The van der Waals surface area contributed by atoms with Crippen molar-refractivity contribution >= 4 is 27.7 Å². The van der Waals surface area contributed by atoms with Crippen LogP contribution >= 0.6 is 0 Å². The first-order valence-corrected chi connectivity index (χ1v) is 6.46. The van der Waals surface area contributed by atoms with E-state index in [4.69, 9.17) is 9.26 Å². The number of aromatic nitrogens is 1. The summed E-state index contributed by atoms with van der Waals surface area (Å²) in [6.45, 7) is 1.99. The molecule has 1 aromatic heterocycles. The quantitative estimate of drug-likeness (QED) is 0.750. The van der Waals surface area contributed by atoms with Gasteiger partial charge in [0.15, 0.2) is 17.1 Å². The molecule has 0 bridgehead atoms. The molecule has 21 heavy (non-hydrogen) atoms. The molecular weight excluding hydrogens is 277 g/mol. The van der Waals surface area contributed by atoms with E-state index in [1.807, 2.05) is 0 Å². The SMILES string of the molecule is CCOC(=O)Cc1noc2ccc3c(F)c(O)ccc3c12. The van der Waals surface area contributed by atoms with Gasteiger partial charge in [0.1, 0.15) is 5.69 Å². The highest BCUT2D eigenvalue weighted by atomic mass is 19.1.